The van der Waals surface area contributed by atoms with Crippen LogP contribution < -0.4 is 5.32 Å². The van der Waals surface area contributed by atoms with Gasteiger partial charge in [-0.2, -0.15) is 0 Å². The molecule has 2 heterocycles. The van der Waals surface area contributed by atoms with Gasteiger partial charge in [-0.1, -0.05) is 36.4 Å². The Kier molecular flexibility index (Phi) is 5.14. The van der Waals surface area contributed by atoms with Crippen LogP contribution in [0, 0.1) is 0 Å². The van der Waals surface area contributed by atoms with Crippen molar-refractivity contribution in [3.05, 3.63) is 71.9 Å². The van der Waals surface area contributed by atoms with E-state index in [2.05, 4.69) is 39.3 Å². The molecule has 4 rings (SSSR count). The van der Waals surface area contributed by atoms with E-state index in [0.29, 0.717) is 5.69 Å². The maximum atomic E-state index is 12.6. The minimum atomic E-state index is -0.183. The zero-order valence-corrected chi connectivity index (χ0v) is 15.6. The molecule has 5 nitrogen and oxygen atoms in total. The van der Waals surface area contributed by atoms with Crippen LogP contribution in [0.15, 0.2) is 60.7 Å². The summed E-state index contributed by atoms with van der Waals surface area (Å²) in [7, 11) is 2.16. The molecule has 1 fully saturated rings. The van der Waals surface area contributed by atoms with E-state index < -0.39 is 0 Å². The second-order valence-corrected chi connectivity index (χ2v) is 7.12. The summed E-state index contributed by atoms with van der Waals surface area (Å²) in [4.78, 5) is 21.9. The normalized spacial score (nSPS) is 15.7. The molecule has 0 spiro atoms. The number of fused-ring (bicyclic) bond motifs is 1. The fourth-order valence-electron chi connectivity index (χ4n) is 3.40. The molecular weight excluding hydrogens is 336 g/mol. The third kappa shape index (κ3) is 4.32. The van der Waals surface area contributed by atoms with Crippen LogP contribution in [0.3, 0.4) is 0 Å². The average Bonchev–Trinajstić information content (AvgIpc) is 2.69. The highest BCUT2D eigenvalue weighted by Crippen LogP contribution is 2.16. The summed E-state index contributed by atoms with van der Waals surface area (Å²) < 4.78 is 0. The highest BCUT2D eigenvalue weighted by Gasteiger charge is 2.14. The molecular formula is C22H24N4O. The third-order valence-electron chi connectivity index (χ3n) is 5.02. The number of anilines is 1. The summed E-state index contributed by atoms with van der Waals surface area (Å²) in [6, 6.07) is 19.6. The number of carbonyl (C=O) groups is 1. The number of benzene rings is 2. The van der Waals surface area contributed by atoms with Crippen LogP contribution in [0.1, 0.15) is 16.1 Å². The van der Waals surface area contributed by atoms with Gasteiger partial charge in [-0.25, -0.2) is 4.98 Å². The van der Waals surface area contributed by atoms with Crippen molar-refractivity contribution in [2.24, 2.45) is 0 Å². The molecule has 1 aliphatic rings. The molecule has 1 saturated heterocycles. The van der Waals surface area contributed by atoms with Crippen LogP contribution in [-0.2, 0) is 6.54 Å². The number of hydrogen-bond acceptors (Lipinski definition) is 4. The fraction of sp³-hybridized carbons (Fsp3) is 0.273. The van der Waals surface area contributed by atoms with Crippen molar-refractivity contribution in [1.82, 2.24) is 14.8 Å². The summed E-state index contributed by atoms with van der Waals surface area (Å²) in [5.41, 5.74) is 3.28. The van der Waals surface area contributed by atoms with Crippen molar-refractivity contribution in [1.29, 1.82) is 0 Å². The maximum absolute atomic E-state index is 12.6. The van der Waals surface area contributed by atoms with Gasteiger partial charge in [0.1, 0.15) is 5.69 Å². The lowest BCUT2D eigenvalue weighted by Gasteiger charge is -2.32. The van der Waals surface area contributed by atoms with E-state index in [1.165, 1.54) is 5.56 Å². The number of amides is 1. The lowest BCUT2D eigenvalue weighted by atomic mass is 10.1. The molecule has 5 heteroatoms. The number of nitrogens with one attached hydrogen (secondary N) is 1. The van der Waals surface area contributed by atoms with Gasteiger partial charge in [-0.15, -0.1) is 0 Å². The number of carbonyl (C=O) groups excluding carboxylic acids is 1. The van der Waals surface area contributed by atoms with Gasteiger partial charge in [0.25, 0.3) is 5.91 Å². The fourth-order valence-corrected chi connectivity index (χ4v) is 3.40. The average molecular weight is 360 g/mol. The molecule has 0 bridgehead atoms. The smallest absolute Gasteiger partial charge is 0.274 e. The van der Waals surface area contributed by atoms with Gasteiger partial charge in [0.15, 0.2) is 0 Å². The van der Waals surface area contributed by atoms with Crippen molar-refractivity contribution >= 4 is 22.5 Å². The zero-order chi connectivity index (χ0) is 18.6. The molecule has 0 unspecified atom stereocenters. The topological polar surface area (TPSA) is 48.5 Å². The Morgan fingerprint density at radius 3 is 2.67 bits per heavy atom. The van der Waals surface area contributed by atoms with Crippen LogP contribution in [0.2, 0.25) is 0 Å². The van der Waals surface area contributed by atoms with E-state index in [0.717, 1.165) is 49.3 Å². The molecule has 1 aromatic heterocycles. The van der Waals surface area contributed by atoms with Gasteiger partial charge in [-0.3, -0.25) is 9.69 Å². The summed E-state index contributed by atoms with van der Waals surface area (Å²) in [5.74, 6) is -0.183. The van der Waals surface area contributed by atoms with Gasteiger partial charge >= 0.3 is 0 Å². The molecule has 1 N–H and O–H groups in total. The molecule has 1 amide bonds. The highest BCUT2D eigenvalue weighted by atomic mass is 16.1. The van der Waals surface area contributed by atoms with Crippen LogP contribution in [0.4, 0.5) is 5.69 Å². The van der Waals surface area contributed by atoms with Crippen molar-refractivity contribution in [2.75, 3.05) is 38.5 Å². The lowest BCUT2D eigenvalue weighted by Crippen LogP contribution is -2.43. The Morgan fingerprint density at radius 2 is 1.81 bits per heavy atom. The number of aromatic nitrogens is 1. The standard InChI is InChI=1S/C22H24N4O/c1-25-11-13-26(14-12-25)16-17-5-4-7-19(15-17)23-22(27)21-10-9-18-6-2-3-8-20(18)24-21/h2-10,15H,11-14,16H2,1H3,(H,23,27). The Morgan fingerprint density at radius 1 is 1.00 bits per heavy atom. The zero-order valence-electron chi connectivity index (χ0n) is 15.6. The monoisotopic (exact) mass is 360 g/mol. The van der Waals surface area contributed by atoms with Crippen molar-refractivity contribution in [2.45, 2.75) is 6.54 Å². The number of likely N-dealkylation sites (N-methyl/N-ethyl adjacent to an activating group) is 1. The highest BCUT2D eigenvalue weighted by molar-refractivity contribution is 6.04. The van der Waals surface area contributed by atoms with Gasteiger partial charge in [-0.05, 0) is 36.9 Å². The van der Waals surface area contributed by atoms with Crippen molar-refractivity contribution in [3.63, 3.8) is 0 Å². The predicted octanol–water partition coefficient (Wildman–Crippen LogP) is 3.23. The number of hydrogen-bond donors (Lipinski definition) is 1. The second-order valence-electron chi connectivity index (χ2n) is 7.12. The van der Waals surface area contributed by atoms with Crippen molar-refractivity contribution < 1.29 is 4.79 Å². The first kappa shape index (κ1) is 17.6. The number of nitrogens with zero attached hydrogens (tertiary/aromatic N) is 3. The quantitative estimate of drug-likeness (QED) is 0.776. The Bertz CT molecular complexity index is 948. The minimum Gasteiger partial charge on any atom is -0.321 e. The van der Waals surface area contributed by atoms with Crippen LogP contribution in [-0.4, -0.2) is 53.9 Å². The molecule has 3 aromatic rings. The van der Waals surface area contributed by atoms with Gasteiger partial charge in [0.2, 0.25) is 0 Å². The van der Waals surface area contributed by atoms with Crippen LogP contribution in [0.5, 0.6) is 0 Å². The van der Waals surface area contributed by atoms with Gasteiger partial charge in [0, 0.05) is 43.8 Å². The number of piperazine rings is 1. The van der Waals surface area contributed by atoms with Gasteiger partial charge < -0.3 is 10.2 Å². The molecule has 1 aliphatic heterocycles. The first-order chi connectivity index (χ1) is 13.2. The van der Waals surface area contributed by atoms with E-state index in [1.54, 1.807) is 6.07 Å². The van der Waals surface area contributed by atoms with Crippen LogP contribution in [0.25, 0.3) is 10.9 Å². The molecule has 138 valence electrons. The van der Waals surface area contributed by atoms with E-state index >= 15 is 0 Å². The summed E-state index contributed by atoms with van der Waals surface area (Å²) in [6.45, 7) is 5.27. The maximum Gasteiger partial charge on any atom is 0.274 e. The Hall–Kier alpha value is -2.76. The first-order valence-corrected chi connectivity index (χ1v) is 9.34. The van der Waals surface area contributed by atoms with E-state index in [9.17, 15) is 4.79 Å². The van der Waals surface area contributed by atoms with E-state index in [4.69, 9.17) is 0 Å². The molecule has 27 heavy (non-hydrogen) atoms. The van der Waals surface area contributed by atoms with E-state index in [1.807, 2.05) is 42.5 Å². The number of rotatable bonds is 4. The Balaban J connectivity index is 1.44. The molecule has 0 atom stereocenters. The second kappa shape index (κ2) is 7.86. The lowest BCUT2D eigenvalue weighted by molar-refractivity contribution is 0.102. The van der Waals surface area contributed by atoms with Crippen LogP contribution >= 0.6 is 0 Å². The van der Waals surface area contributed by atoms with E-state index in [-0.39, 0.29) is 5.91 Å². The first-order valence-electron chi connectivity index (χ1n) is 9.34. The summed E-state index contributed by atoms with van der Waals surface area (Å²) in [6.07, 6.45) is 0. The minimum absolute atomic E-state index is 0.183. The largest absolute Gasteiger partial charge is 0.321 e. The SMILES string of the molecule is CN1CCN(Cc2cccc(NC(=O)c3ccc4ccccc4n3)c2)CC1. The molecule has 2 aromatic carbocycles. The Labute approximate surface area is 159 Å². The molecule has 0 aliphatic carbocycles. The number of pyridine rings is 1. The predicted molar refractivity (Wildman–Crippen MR) is 109 cm³/mol. The summed E-state index contributed by atoms with van der Waals surface area (Å²) >= 11 is 0. The summed E-state index contributed by atoms with van der Waals surface area (Å²) in [5, 5.41) is 4.01. The van der Waals surface area contributed by atoms with Gasteiger partial charge in [0.05, 0.1) is 5.52 Å². The number of para-hydroxylation sites is 1. The molecule has 0 radical (unpaired) electrons. The third-order valence-corrected chi connectivity index (χ3v) is 5.02. The molecule has 0 saturated carbocycles. The van der Waals surface area contributed by atoms with Crippen molar-refractivity contribution in [3.8, 4) is 0 Å².